The third-order valence-electron chi connectivity index (χ3n) is 4.51. The Morgan fingerprint density at radius 1 is 0.870 bits per heavy atom. The van der Waals surface area contributed by atoms with E-state index in [0.717, 1.165) is 31.7 Å². The van der Waals surface area contributed by atoms with Crippen LogP contribution >= 0.6 is 0 Å². The predicted molar refractivity (Wildman–Crippen MR) is 95.1 cm³/mol. The number of amides is 1. The monoisotopic (exact) mass is 308 g/mol. The van der Waals surface area contributed by atoms with Crippen LogP contribution in [0.15, 0.2) is 54.6 Å². The van der Waals surface area contributed by atoms with E-state index >= 15 is 0 Å². The molecule has 0 atom stereocenters. The minimum Gasteiger partial charge on any atom is -0.368 e. The summed E-state index contributed by atoms with van der Waals surface area (Å²) < 4.78 is 0. The van der Waals surface area contributed by atoms with Crippen molar-refractivity contribution in [2.45, 2.75) is 19.8 Å². The molecule has 120 valence electrons. The standard InChI is InChI=1S/C20H24N2O/c1-16(2)17-8-10-19(11-9-17)21-12-14-22(15-13-21)20(23)18-6-4-3-5-7-18/h3-11,16H,12-15H2,1-2H3. The molecular formula is C20H24N2O. The maximum absolute atomic E-state index is 12.5. The van der Waals surface area contributed by atoms with Gasteiger partial charge in [-0.2, -0.15) is 0 Å². The highest BCUT2D eigenvalue weighted by atomic mass is 16.2. The van der Waals surface area contributed by atoms with E-state index in [1.54, 1.807) is 0 Å². The zero-order valence-corrected chi connectivity index (χ0v) is 13.9. The zero-order valence-electron chi connectivity index (χ0n) is 13.9. The fraction of sp³-hybridized carbons (Fsp3) is 0.350. The second kappa shape index (κ2) is 6.86. The molecule has 0 bridgehead atoms. The predicted octanol–water partition coefficient (Wildman–Crippen LogP) is 3.77. The minimum atomic E-state index is 0.139. The molecule has 0 unspecified atom stereocenters. The van der Waals surface area contributed by atoms with Gasteiger partial charge in [0.15, 0.2) is 0 Å². The lowest BCUT2D eigenvalue weighted by atomic mass is 10.0. The SMILES string of the molecule is CC(C)c1ccc(N2CCN(C(=O)c3ccccc3)CC2)cc1. The Kier molecular flexibility index (Phi) is 4.65. The molecule has 3 rings (SSSR count). The molecule has 0 saturated carbocycles. The van der Waals surface area contributed by atoms with Crippen molar-refractivity contribution in [1.29, 1.82) is 0 Å². The highest BCUT2D eigenvalue weighted by Gasteiger charge is 2.22. The van der Waals surface area contributed by atoms with Gasteiger partial charge in [0.1, 0.15) is 0 Å². The summed E-state index contributed by atoms with van der Waals surface area (Å²) in [6.45, 7) is 7.75. The van der Waals surface area contributed by atoms with E-state index in [9.17, 15) is 4.79 Å². The third-order valence-corrected chi connectivity index (χ3v) is 4.51. The first-order valence-corrected chi connectivity index (χ1v) is 8.34. The van der Waals surface area contributed by atoms with E-state index in [0.29, 0.717) is 5.92 Å². The van der Waals surface area contributed by atoms with Gasteiger partial charge in [-0.15, -0.1) is 0 Å². The highest BCUT2D eigenvalue weighted by molar-refractivity contribution is 5.94. The van der Waals surface area contributed by atoms with Crippen LogP contribution in [0, 0.1) is 0 Å². The average Bonchev–Trinajstić information content (AvgIpc) is 2.62. The molecule has 0 spiro atoms. The van der Waals surface area contributed by atoms with Gasteiger partial charge in [0.05, 0.1) is 0 Å². The lowest BCUT2D eigenvalue weighted by molar-refractivity contribution is 0.0747. The van der Waals surface area contributed by atoms with Gasteiger partial charge in [-0.25, -0.2) is 0 Å². The molecule has 3 heteroatoms. The molecule has 2 aromatic carbocycles. The first-order chi connectivity index (χ1) is 11.1. The molecule has 2 aromatic rings. The van der Waals surface area contributed by atoms with Crippen molar-refractivity contribution in [3.8, 4) is 0 Å². The Morgan fingerprint density at radius 2 is 1.48 bits per heavy atom. The molecule has 0 aromatic heterocycles. The van der Waals surface area contributed by atoms with Gasteiger partial charge in [0, 0.05) is 37.4 Å². The second-order valence-electron chi connectivity index (χ2n) is 6.39. The average molecular weight is 308 g/mol. The molecule has 0 aliphatic carbocycles. The number of piperazine rings is 1. The smallest absolute Gasteiger partial charge is 0.253 e. The zero-order chi connectivity index (χ0) is 16.2. The van der Waals surface area contributed by atoms with E-state index in [4.69, 9.17) is 0 Å². The summed E-state index contributed by atoms with van der Waals surface area (Å²) in [6.07, 6.45) is 0. The van der Waals surface area contributed by atoms with Gasteiger partial charge in [-0.05, 0) is 35.7 Å². The fourth-order valence-corrected chi connectivity index (χ4v) is 3.00. The number of rotatable bonds is 3. The maximum atomic E-state index is 12.5. The molecule has 0 radical (unpaired) electrons. The number of carbonyl (C=O) groups excluding carboxylic acids is 1. The number of benzene rings is 2. The summed E-state index contributed by atoms with van der Waals surface area (Å²) in [5.41, 5.74) is 3.40. The number of carbonyl (C=O) groups is 1. The van der Waals surface area contributed by atoms with Gasteiger partial charge in [0.2, 0.25) is 0 Å². The summed E-state index contributed by atoms with van der Waals surface area (Å²) in [5, 5.41) is 0. The van der Waals surface area contributed by atoms with Crippen LogP contribution < -0.4 is 4.90 Å². The molecule has 1 aliphatic rings. The van der Waals surface area contributed by atoms with Crippen LogP contribution in [0.1, 0.15) is 35.7 Å². The van der Waals surface area contributed by atoms with Crippen LogP contribution in [-0.2, 0) is 0 Å². The van der Waals surface area contributed by atoms with Crippen LogP contribution in [0.25, 0.3) is 0 Å². The van der Waals surface area contributed by atoms with Crippen molar-refractivity contribution in [2.75, 3.05) is 31.1 Å². The molecule has 3 nitrogen and oxygen atoms in total. The van der Waals surface area contributed by atoms with E-state index in [-0.39, 0.29) is 5.91 Å². The normalized spacial score (nSPS) is 15.1. The second-order valence-corrected chi connectivity index (χ2v) is 6.39. The van der Waals surface area contributed by atoms with Crippen LogP contribution in [0.4, 0.5) is 5.69 Å². The number of anilines is 1. The summed E-state index contributed by atoms with van der Waals surface area (Å²) in [5.74, 6) is 0.699. The Balaban J connectivity index is 1.61. The molecule has 1 saturated heterocycles. The van der Waals surface area contributed by atoms with Crippen LogP contribution in [0.3, 0.4) is 0 Å². The summed E-state index contributed by atoms with van der Waals surface area (Å²) in [7, 11) is 0. The summed E-state index contributed by atoms with van der Waals surface area (Å²) in [6, 6.07) is 18.4. The van der Waals surface area contributed by atoms with E-state index < -0.39 is 0 Å². The van der Waals surface area contributed by atoms with Gasteiger partial charge in [-0.3, -0.25) is 4.79 Å². The van der Waals surface area contributed by atoms with Crippen LogP contribution in [0.5, 0.6) is 0 Å². The van der Waals surface area contributed by atoms with Gasteiger partial charge >= 0.3 is 0 Å². The largest absolute Gasteiger partial charge is 0.368 e. The Labute approximate surface area is 138 Å². The van der Waals surface area contributed by atoms with Crippen molar-refractivity contribution >= 4 is 11.6 Å². The van der Waals surface area contributed by atoms with Gasteiger partial charge in [0.25, 0.3) is 5.91 Å². The number of hydrogen-bond acceptors (Lipinski definition) is 2. The van der Waals surface area contributed by atoms with Crippen molar-refractivity contribution in [3.63, 3.8) is 0 Å². The third kappa shape index (κ3) is 3.55. The fourth-order valence-electron chi connectivity index (χ4n) is 3.00. The van der Waals surface area contributed by atoms with Crippen LogP contribution in [0.2, 0.25) is 0 Å². The molecule has 1 aliphatic heterocycles. The Morgan fingerprint density at radius 3 is 2.04 bits per heavy atom. The summed E-state index contributed by atoms with van der Waals surface area (Å²) in [4.78, 5) is 16.8. The van der Waals surface area contributed by atoms with Crippen molar-refractivity contribution in [1.82, 2.24) is 4.90 Å². The first-order valence-electron chi connectivity index (χ1n) is 8.34. The number of nitrogens with zero attached hydrogens (tertiary/aromatic N) is 2. The van der Waals surface area contributed by atoms with Crippen LogP contribution in [-0.4, -0.2) is 37.0 Å². The highest BCUT2D eigenvalue weighted by Crippen LogP contribution is 2.21. The van der Waals surface area contributed by atoms with Crippen molar-refractivity contribution < 1.29 is 4.79 Å². The van der Waals surface area contributed by atoms with E-state index in [2.05, 4.69) is 43.0 Å². The van der Waals surface area contributed by atoms with Gasteiger partial charge in [-0.1, -0.05) is 44.2 Å². The van der Waals surface area contributed by atoms with Crippen molar-refractivity contribution in [3.05, 3.63) is 65.7 Å². The quantitative estimate of drug-likeness (QED) is 0.861. The molecule has 1 heterocycles. The molecule has 23 heavy (non-hydrogen) atoms. The minimum absolute atomic E-state index is 0.139. The lowest BCUT2D eigenvalue weighted by Gasteiger charge is -2.36. The molecular weight excluding hydrogens is 284 g/mol. The van der Waals surface area contributed by atoms with E-state index in [1.165, 1.54) is 11.3 Å². The first kappa shape index (κ1) is 15.6. The van der Waals surface area contributed by atoms with Crippen molar-refractivity contribution in [2.24, 2.45) is 0 Å². The molecule has 0 N–H and O–H groups in total. The maximum Gasteiger partial charge on any atom is 0.253 e. The van der Waals surface area contributed by atoms with E-state index in [1.807, 2.05) is 35.2 Å². The molecule has 1 amide bonds. The topological polar surface area (TPSA) is 23.6 Å². The Bertz CT molecular complexity index is 641. The summed E-state index contributed by atoms with van der Waals surface area (Å²) >= 11 is 0. The lowest BCUT2D eigenvalue weighted by Crippen LogP contribution is -2.48. The van der Waals surface area contributed by atoms with Gasteiger partial charge < -0.3 is 9.80 Å². The number of hydrogen-bond donors (Lipinski definition) is 0. The Hall–Kier alpha value is -2.29. The molecule has 1 fully saturated rings.